The maximum Gasteiger partial charge on any atom is 0.0154 e. The lowest BCUT2D eigenvalue weighted by molar-refractivity contribution is 0.222. The third kappa shape index (κ3) is 2.17. The molecule has 0 radical (unpaired) electrons. The first-order valence-electron chi connectivity index (χ1n) is 4.69. The van der Waals surface area contributed by atoms with Crippen molar-refractivity contribution in [3.05, 3.63) is 0 Å². The molecule has 0 spiro atoms. The van der Waals surface area contributed by atoms with E-state index in [0.29, 0.717) is 5.92 Å². The standard InChI is InChI=1S/C9H20N2/c1-2-9(11)5-3-4-8(6-9)7-10/h8H,2-7,10-11H2,1H3. The molecule has 2 atom stereocenters. The monoisotopic (exact) mass is 156 g/mol. The van der Waals surface area contributed by atoms with Gasteiger partial charge in [0.05, 0.1) is 0 Å². The molecule has 4 N–H and O–H groups in total. The Balaban J connectivity index is 2.44. The third-order valence-corrected chi connectivity index (χ3v) is 3.02. The molecule has 0 saturated heterocycles. The molecule has 0 amide bonds. The summed E-state index contributed by atoms with van der Waals surface area (Å²) in [6.45, 7) is 3.00. The molecule has 1 aliphatic carbocycles. The zero-order valence-corrected chi connectivity index (χ0v) is 7.47. The molecule has 0 aromatic rings. The van der Waals surface area contributed by atoms with E-state index in [0.717, 1.165) is 19.4 Å². The molecule has 0 bridgehead atoms. The van der Waals surface area contributed by atoms with Crippen LogP contribution < -0.4 is 11.5 Å². The molecule has 11 heavy (non-hydrogen) atoms. The van der Waals surface area contributed by atoms with Crippen molar-refractivity contribution in [1.29, 1.82) is 0 Å². The van der Waals surface area contributed by atoms with Crippen molar-refractivity contribution >= 4 is 0 Å². The smallest absolute Gasteiger partial charge is 0.0154 e. The van der Waals surface area contributed by atoms with Crippen molar-refractivity contribution in [2.24, 2.45) is 17.4 Å². The van der Waals surface area contributed by atoms with Crippen LogP contribution in [0.3, 0.4) is 0 Å². The van der Waals surface area contributed by atoms with Crippen molar-refractivity contribution in [3.63, 3.8) is 0 Å². The van der Waals surface area contributed by atoms with Gasteiger partial charge in [0.1, 0.15) is 0 Å². The van der Waals surface area contributed by atoms with Crippen LogP contribution >= 0.6 is 0 Å². The summed E-state index contributed by atoms with van der Waals surface area (Å²) in [5.41, 5.74) is 11.9. The van der Waals surface area contributed by atoms with E-state index in [9.17, 15) is 0 Å². The van der Waals surface area contributed by atoms with E-state index in [1.165, 1.54) is 19.3 Å². The number of rotatable bonds is 2. The molecule has 66 valence electrons. The predicted octanol–water partition coefficient (Wildman–Crippen LogP) is 1.24. The lowest BCUT2D eigenvalue weighted by Crippen LogP contribution is -2.44. The average molecular weight is 156 g/mol. The van der Waals surface area contributed by atoms with Crippen LogP contribution in [0.15, 0.2) is 0 Å². The third-order valence-electron chi connectivity index (χ3n) is 3.02. The number of nitrogens with two attached hydrogens (primary N) is 2. The highest BCUT2D eigenvalue weighted by Crippen LogP contribution is 2.31. The van der Waals surface area contributed by atoms with Crippen LogP contribution in [0.4, 0.5) is 0 Å². The highest BCUT2D eigenvalue weighted by atomic mass is 14.7. The first-order valence-corrected chi connectivity index (χ1v) is 4.69. The maximum atomic E-state index is 6.17. The van der Waals surface area contributed by atoms with E-state index in [4.69, 9.17) is 11.5 Å². The summed E-state index contributed by atoms with van der Waals surface area (Å²) in [6, 6.07) is 0. The van der Waals surface area contributed by atoms with Crippen LogP contribution in [-0.2, 0) is 0 Å². The van der Waals surface area contributed by atoms with Crippen LogP contribution in [0, 0.1) is 5.92 Å². The summed E-state index contributed by atoms with van der Waals surface area (Å²) in [4.78, 5) is 0. The van der Waals surface area contributed by atoms with Gasteiger partial charge in [-0.25, -0.2) is 0 Å². The molecule has 0 aliphatic heterocycles. The number of hydrogen-bond donors (Lipinski definition) is 2. The van der Waals surface area contributed by atoms with Gasteiger partial charge >= 0.3 is 0 Å². The molecule has 0 aromatic carbocycles. The SMILES string of the molecule is CCC1(N)CCCC(CN)C1. The quantitative estimate of drug-likeness (QED) is 0.632. The van der Waals surface area contributed by atoms with Gasteiger partial charge in [-0.1, -0.05) is 13.3 Å². The van der Waals surface area contributed by atoms with Crippen molar-refractivity contribution in [3.8, 4) is 0 Å². The fourth-order valence-corrected chi connectivity index (χ4v) is 2.04. The Bertz CT molecular complexity index is 125. The molecule has 1 saturated carbocycles. The Morgan fingerprint density at radius 2 is 2.27 bits per heavy atom. The molecule has 0 aromatic heterocycles. The maximum absolute atomic E-state index is 6.17. The van der Waals surface area contributed by atoms with E-state index in [-0.39, 0.29) is 5.54 Å². The van der Waals surface area contributed by atoms with Crippen LogP contribution in [-0.4, -0.2) is 12.1 Å². The Morgan fingerprint density at radius 1 is 1.55 bits per heavy atom. The Hall–Kier alpha value is -0.0800. The first-order chi connectivity index (χ1) is 5.20. The Kier molecular flexibility index (Phi) is 2.90. The zero-order valence-electron chi connectivity index (χ0n) is 7.47. The fraction of sp³-hybridized carbons (Fsp3) is 1.00. The molecule has 2 nitrogen and oxygen atoms in total. The summed E-state index contributed by atoms with van der Waals surface area (Å²) < 4.78 is 0. The van der Waals surface area contributed by atoms with E-state index in [2.05, 4.69) is 6.92 Å². The van der Waals surface area contributed by atoms with Crippen LogP contribution in [0.2, 0.25) is 0 Å². The van der Waals surface area contributed by atoms with Crippen molar-refractivity contribution in [1.82, 2.24) is 0 Å². The molecular weight excluding hydrogens is 136 g/mol. The van der Waals surface area contributed by atoms with Gasteiger partial charge in [-0.3, -0.25) is 0 Å². The van der Waals surface area contributed by atoms with Gasteiger partial charge in [0.15, 0.2) is 0 Å². The topological polar surface area (TPSA) is 52.0 Å². The summed E-state index contributed by atoms with van der Waals surface area (Å²) in [5, 5.41) is 0. The minimum Gasteiger partial charge on any atom is -0.330 e. The molecule has 0 heterocycles. The van der Waals surface area contributed by atoms with E-state index in [1.807, 2.05) is 0 Å². The minimum absolute atomic E-state index is 0.113. The summed E-state index contributed by atoms with van der Waals surface area (Å²) in [5.74, 6) is 0.689. The van der Waals surface area contributed by atoms with Gasteiger partial charge in [0.25, 0.3) is 0 Å². The van der Waals surface area contributed by atoms with Gasteiger partial charge in [-0.05, 0) is 38.1 Å². The van der Waals surface area contributed by atoms with E-state index >= 15 is 0 Å². The van der Waals surface area contributed by atoms with Gasteiger partial charge in [0.2, 0.25) is 0 Å². The summed E-state index contributed by atoms with van der Waals surface area (Å²) in [7, 11) is 0. The van der Waals surface area contributed by atoms with E-state index < -0.39 is 0 Å². The average Bonchev–Trinajstić information content (AvgIpc) is 2.05. The Morgan fingerprint density at radius 3 is 2.82 bits per heavy atom. The highest BCUT2D eigenvalue weighted by molar-refractivity contribution is 4.89. The first kappa shape index (κ1) is 9.01. The van der Waals surface area contributed by atoms with Crippen LogP contribution in [0.5, 0.6) is 0 Å². The lowest BCUT2D eigenvalue weighted by atomic mass is 9.75. The summed E-state index contributed by atoms with van der Waals surface area (Å²) >= 11 is 0. The molecule has 1 rings (SSSR count). The second-order valence-electron chi connectivity index (χ2n) is 3.91. The largest absolute Gasteiger partial charge is 0.330 e. The van der Waals surface area contributed by atoms with Crippen molar-refractivity contribution in [2.45, 2.75) is 44.6 Å². The highest BCUT2D eigenvalue weighted by Gasteiger charge is 2.30. The van der Waals surface area contributed by atoms with Gasteiger partial charge < -0.3 is 11.5 Å². The van der Waals surface area contributed by atoms with Gasteiger partial charge in [0, 0.05) is 5.54 Å². The second-order valence-corrected chi connectivity index (χ2v) is 3.91. The molecule has 2 heteroatoms. The molecule has 1 fully saturated rings. The van der Waals surface area contributed by atoms with Crippen LogP contribution in [0.1, 0.15) is 39.0 Å². The van der Waals surface area contributed by atoms with E-state index in [1.54, 1.807) is 0 Å². The lowest BCUT2D eigenvalue weighted by Gasteiger charge is -2.36. The molecule has 1 aliphatic rings. The van der Waals surface area contributed by atoms with Gasteiger partial charge in [-0.2, -0.15) is 0 Å². The normalized spacial score (nSPS) is 39.0. The molecule has 2 unspecified atom stereocenters. The Labute approximate surface area is 69.3 Å². The number of hydrogen-bond acceptors (Lipinski definition) is 2. The van der Waals surface area contributed by atoms with Gasteiger partial charge in [-0.15, -0.1) is 0 Å². The summed E-state index contributed by atoms with van der Waals surface area (Å²) in [6.07, 6.45) is 5.99. The van der Waals surface area contributed by atoms with Crippen molar-refractivity contribution in [2.75, 3.05) is 6.54 Å². The predicted molar refractivity (Wildman–Crippen MR) is 48.2 cm³/mol. The molecular formula is C9H20N2. The minimum atomic E-state index is 0.113. The second kappa shape index (κ2) is 3.55. The van der Waals surface area contributed by atoms with Crippen molar-refractivity contribution < 1.29 is 0 Å². The van der Waals surface area contributed by atoms with Crippen LogP contribution in [0.25, 0.3) is 0 Å². The fourth-order valence-electron chi connectivity index (χ4n) is 2.04. The zero-order chi connectivity index (χ0) is 8.32.